The molecule has 1 saturated heterocycles. The van der Waals surface area contributed by atoms with Crippen molar-refractivity contribution in [3.05, 3.63) is 34.9 Å². The van der Waals surface area contributed by atoms with E-state index in [1.54, 1.807) is 0 Å². The van der Waals surface area contributed by atoms with Gasteiger partial charge in [-0.2, -0.15) is 0 Å². The highest BCUT2D eigenvalue weighted by atomic mass is 35.5. The van der Waals surface area contributed by atoms with Crippen LogP contribution in [0.5, 0.6) is 0 Å². The van der Waals surface area contributed by atoms with Gasteiger partial charge in [0.05, 0.1) is 0 Å². The Morgan fingerprint density at radius 3 is 2.43 bits per heavy atom. The molecule has 21 heavy (non-hydrogen) atoms. The van der Waals surface area contributed by atoms with Crippen LogP contribution in [0.1, 0.15) is 44.2 Å². The molecule has 1 N–H and O–H groups in total. The van der Waals surface area contributed by atoms with Gasteiger partial charge < -0.3 is 10.2 Å². The number of rotatable bonds is 6. The fourth-order valence-corrected chi connectivity index (χ4v) is 3.45. The summed E-state index contributed by atoms with van der Waals surface area (Å²) < 4.78 is 0. The quantitative estimate of drug-likeness (QED) is 0.851. The number of nitrogens with one attached hydrogen (secondary N) is 1. The third-order valence-corrected chi connectivity index (χ3v) is 5.24. The summed E-state index contributed by atoms with van der Waals surface area (Å²) in [4.78, 5) is 2.61. The molecule has 2 fully saturated rings. The van der Waals surface area contributed by atoms with E-state index in [0.717, 1.165) is 23.4 Å². The lowest BCUT2D eigenvalue weighted by molar-refractivity contribution is 0.190. The number of hydrogen-bond donors (Lipinski definition) is 1. The van der Waals surface area contributed by atoms with Crippen molar-refractivity contribution in [2.24, 2.45) is 11.8 Å². The minimum atomic E-state index is 0.519. The van der Waals surface area contributed by atoms with Crippen LogP contribution in [0.4, 0.5) is 0 Å². The first-order valence-corrected chi connectivity index (χ1v) is 8.81. The molecule has 116 valence electrons. The van der Waals surface area contributed by atoms with Crippen molar-refractivity contribution >= 4 is 11.6 Å². The minimum absolute atomic E-state index is 0.519. The number of likely N-dealkylation sites (tertiary alicyclic amines) is 1. The first-order chi connectivity index (χ1) is 10.2. The second kappa shape index (κ2) is 7.13. The number of piperidine rings is 1. The van der Waals surface area contributed by atoms with Gasteiger partial charge in [0.15, 0.2) is 0 Å². The van der Waals surface area contributed by atoms with Crippen molar-refractivity contribution < 1.29 is 0 Å². The largest absolute Gasteiger partial charge is 0.308 e. The Balaban J connectivity index is 1.48. The second-order valence-electron chi connectivity index (χ2n) is 6.84. The maximum absolute atomic E-state index is 6.00. The van der Waals surface area contributed by atoms with Gasteiger partial charge in [0, 0.05) is 24.2 Å². The van der Waals surface area contributed by atoms with Crippen molar-refractivity contribution in [3.63, 3.8) is 0 Å². The van der Waals surface area contributed by atoms with E-state index in [4.69, 9.17) is 11.6 Å². The molecule has 3 rings (SSSR count). The Bertz CT molecular complexity index is 433. The van der Waals surface area contributed by atoms with Crippen molar-refractivity contribution in [2.45, 2.75) is 38.6 Å². The van der Waals surface area contributed by atoms with Crippen molar-refractivity contribution in [2.75, 3.05) is 26.2 Å². The zero-order valence-corrected chi connectivity index (χ0v) is 13.8. The molecule has 1 atom stereocenters. The standard InChI is InChI=1S/C18H27ClN2/c1-14-8-11-21(12-9-14)13-10-20-18(15-2-3-15)16-4-6-17(19)7-5-16/h4-7,14-15,18,20H,2-3,8-13H2,1H3. The first kappa shape index (κ1) is 15.3. The molecular weight excluding hydrogens is 280 g/mol. The zero-order chi connectivity index (χ0) is 14.7. The second-order valence-corrected chi connectivity index (χ2v) is 7.28. The van der Waals surface area contributed by atoms with Crippen LogP contribution < -0.4 is 5.32 Å². The summed E-state index contributed by atoms with van der Waals surface area (Å²) in [7, 11) is 0. The molecular formula is C18H27ClN2. The fourth-order valence-electron chi connectivity index (χ4n) is 3.32. The number of hydrogen-bond acceptors (Lipinski definition) is 2. The van der Waals surface area contributed by atoms with E-state index < -0.39 is 0 Å². The van der Waals surface area contributed by atoms with Crippen LogP contribution in [0, 0.1) is 11.8 Å². The van der Waals surface area contributed by atoms with Crippen LogP contribution in [0.25, 0.3) is 0 Å². The van der Waals surface area contributed by atoms with Gasteiger partial charge in [-0.1, -0.05) is 30.7 Å². The highest BCUT2D eigenvalue weighted by Gasteiger charge is 2.31. The van der Waals surface area contributed by atoms with E-state index in [-0.39, 0.29) is 0 Å². The average Bonchev–Trinajstić information content (AvgIpc) is 3.31. The topological polar surface area (TPSA) is 15.3 Å². The Labute approximate surface area is 133 Å². The molecule has 0 radical (unpaired) electrons. The molecule has 1 aromatic rings. The summed E-state index contributed by atoms with van der Waals surface area (Å²) in [5.74, 6) is 1.75. The van der Waals surface area contributed by atoms with Gasteiger partial charge in [-0.05, 0) is 68.3 Å². The summed E-state index contributed by atoms with van der Waals surface area (Å²) >= 11 is 6.00. The summed E-state index contributed by atoms with van der Waals surface area (Å²) in [5.41, 5.74) is 1.40. The molecule has 0 aromatic heterocycles. The number of nitrogens with zero attached hydrogens (tertiary/aromatic N) is 1. The van der Waals surface area contributed by atoms with E-state index in [9.17, 15) is 0 Å². The van der Waals surface area contributed by atoms with Crippen LogP contribution in [0.15, 0.2) is 24.3 Å². The van der Waals surface area contributed by atoms with E-state index in [1.165, 1.54) is 50.9 Å². The summed E-state index contributed by atoms with van der Waals surface area (Å²) in [6.45, 7) is 7.21. The average molecular weight is 307 g/mol. The number of halogens is 1. The van der Waals surface area contributed by atoms with Gasteiger partial charge in [0.1, 0.15) is 0 Å². The molecule has 1 saturated carbocycles. The predicted molar refractivity (Wildman–Crippen MR) is 89.8 cm³/mol. The molecule has 0 spiro atoms. The molecule has 3 heteroatoms. The van der Waals surface area contributed by atoms with Gasteiger partial charge in [-0.15, -0.1) is 0 Å². The SMILES string of the molecule is CC1CCN(CCNC(c2ccc(Cl)cc2)C2CC2)CC1. The van der Waals surface area contributed by atoms with Crippen LogP contribution in [-0.4, -0.2) is 31.1 Å². The third-order valence-electron chi connectivity index (χ3n) is 4.99. The molecule has 1 aliphatic heterocycles. The Kier molecular flexibility index (Phi) is 5.20. The van der Waals surface area contributed by atoms with Gasteiger partial charge in [0.25, 0.3) is 0 Å². The Morgan fingerprint density at radius 1 is 1.14 bits per heavy atom. The molecule has 0 bridgehead atoms. The minimum Gasteiger partial charge on any atom is -0.308 e. The van der Waals surface area contributed by atoms with Gasteiger partial charge in [0.2, 0.25) is 0 Å². The fraction of sp³-hybridized carbons (Fsp3) is 0.667. The Hall–Kier alpha value is -0.570. The monoisotopic (exact) mass is 306 g/mol. The molecule has 1 heterocycles. The normalized spacial score (nSPS) is 22.4. The van der Waals surface area contributed by atoms with Crippen molar-refractivity contribution in [3.8, 4) is 0 Å². The predicted octanol–water partition coefficient (Wildman–Crippen LogP) is 4.11. The van der Waals surface area contributed by atoms with Gasteiger partial charge in [-0.25, -0.2) is 0 Å². The highest BCUT2D eigenvalue weighted by molar-refractivity contribution is 6.30. The third kappa shape index (κ3) is 4.45. The molecule has 1 aromatic carbocycles. The molecule has 2 nitrogen and oxygen atoms in total. The zero-order valence-electron chi connectivity index (χ0n) is 13.0. The lowest BCUT2D eigenvalue weighted by Gasteiger charge is -2.31. The lowest BCUT2D eigenvalue weighted by Crippen LogP contribution is -2.38. The van der Waals surface area contributed by atoms with Crippen LogP contribution >= 0.6 is 11.6 Å². The Morgan fingerprint density at radius 2 is 1.81 bits per heavy atom. The summed E-state index contributed by atoms with van der Waals surface area (Å²) in [6.07, 6.45) is 5.45. The van der Waals surface area contributed by atoms with Crippen LogP contribution in [-0.2, 0) is 0 Å². The van der Waals surface area contributed by atoms with Crippen LogP contribution in [0.2, 0.25) is 5.02 Å². The van der Waals surface area contributed by atoms with E-state index in [1.807, 2.05) is 12.1 Å². The highest BCUT2D eigenvalue weighted by Crippen LogP contribution is 2.41. The first-order valence-electron chi connectivity index (χ1n) is 8.43. The van der Waals surface area contributed by atoms with Gasteiger partial charge >= 0.3 is 0 Å². The summed E-state index contributed by atoms with van der Waals surface area (Å²) in [5, 5.41) is 4.62. The van der Waals surface area contributed by atoms with Gasteiger partial charge in [-0.3, -0.25) is 0 Å². The number of benzene rings is 1. The molecule has 2 aliphatic rings. The van der Waals surface area contributed by atoms with Crippen LogP contribution in [0.3, 0.4) is 0 Å². The van der Waals surface area contributed by atoms with E-state index >= 15 is 0 Å². The smallest absolute Gasteiger partial charge is 0.0406 e. The summed E-state index contributed by atoms with van der Waals surface area (Å²) in [6, 6.07) is 8.91. The van der Waals surface area contributed by atoms with Crippen molar-refractivity contribution in [1.82, 2.24) is 10.2 Å². The molecule has 1 unspecified atom stereocenters. The molecule has 0 amide bonds. The van der Waals surface area contributed by atoms with E-state index in [0.29, 0.717) is 6.04 Å². The van der Waals surface area contributed by atoms with E-state index in [2.05, 4.69) is 29.3 Å². The lowest BCUT2D eigenvalue weighted by atomic mass is 9.99. The maximum atomic E-state index is 6.00. The van der Waals surface area contributed by atoms with Crippen molar-refractivity contribution in [1.29, 1.82) is 0 Å². The maximum Gasteiger partial charge on any atom is 0.0406 e. The molecule has 1 aliphatic carbocycles.